The van der Waals surface area contributed by atoms with Crippen LogP contribution in [0.5, 0.6) is 0 Å². The van der Waals surface area contributed by atoms with Gasteiger partial charge in [-0.25, -0.2) is 0 Å². The van der Waals surface area contributed by atoms with Crippen molar-refractivity contribution in [3.63, 3.8) is 0 Å². The van der Waals surface area contributed by atoms with Crippen LogP contribution in [-0.4, -0.2) is 23.3 Å². The van der Waals surface area contributed by atoms with Gasteiger partial charge in [0.25, 0.3) is 0 Å². The summed E-state index contributed by atoms with van der Waals surface area (Å²) in [5.74, 6) is 0.611. The van der Waals surface area contributed by atoms with Crippen LogP contribution in [0.25, 0.3) is 0 Å². The molecule has 3 heteroatoms. The fraction of sp³-hybridized carbons (Fsp3) is 0.727. The molecular formula is C11H16N2O. The van der Waals surface area contributed by atoms with Gasteiger partial charge in [-0.1, -0.05) is 11.6 Å². The summed E-state index contributed by atoms with van der Waals surface area (Å²) in [5.41, 5.74) is 0.615. The molecule has 1 fully saturated rings. The van der Waals surface area contributed by atoms with Gasteiger partial charge in [0, 0.05) is 6.04 Å². The van der Waals surface area contributed by atoms with Crippen LogP contribution in [0.15, 0.2) is 11.6 Å². The zero-order chi connectivity index (χ0) is 10.2. The predicted molar refractivity (Wildman–Crippen MR) is 53.5 cm³/mol. The van der Waals surface area contributed by atoms with Crippen LogP contribution in [0.4, 0.5) is 0 Å². The molecule has 3 aliphatic rings. The van der Waals surface area contributed by atoms with Gasteiger partial charge in [-0.3, -0.25) is 5.32 Å². The lowest BCUT2D eigenvalue weighted by Gasteiger charge is -2.47. The van der Waals surface area contributed by atoms with Gasteiger partial charge in [-0.15, -0.1) is 0 Å². The van der Waals surface area contributed by atoms with Crippen LogP contribution in [-0.2, 0) is 0 Å². The molecule has 0 aromatic heterocycles. The Balaban J connectivity index is 2.14. The molecule has 0 spiro atoms. The predicted octanol–water partition coefficient (Wildman–Crippen LogP) is 0.959. The lowest BCUT2D eigenvalue weighted by Crippen LogP contribution is -2.56. The molecule has 2 N–H and O–H groups in total. The normalized spacial score (nSPS) is 40.5. The molecule has 3 rings (SSSR count). The average Bonchev–Trinajstić information content (AvgIpc) is 2.15. The van der Waals surface area contributed by atoms with Crippen molar-refractivity contribution in [1.29, 1.82) is 5.26 Å². The summed E-state index contributed by atoms with van der Waals surface area (Å²) < 4.78 is 0. The van der Waals surface area contributed by atoms with E-state index >= 15 is 0 Å². The molecule has 14 heavy (non-hydrogen) atoms. The second-order valence-electron chi connectivity index (χ2n) is 4.44. The first kappa shape index (κ1) is 9.70. The Morgan fingerprint density at radius 1 is 1.79 bits per heavy atom. The maximum atomic E-state index is 10.3. The first-order chi connectivity index (χ1) is 6.65. The van der Waals surface area contributed by atoms with E-state index in [1.165, 1.54) is 5.57 Å². The highest BCUT2D eigenvalue weighted by Crippen LogP contribution is 2.43. The topological polar surface area (TPSA) is 56.0 Å². The third kappa shape index (κ3) is 1.45. The van der Waals surface area contributed by atoms with Crippen molar-refractivity contribution in [1.82, 2.24) is 5.32 Å². The minimum atomic E-state index is -0.699. The van der Waals surface area contributed by atoms with Gasteiger partial charge in [0.1, 0.15) is 0 Å². The number of nitriles is 1. The van der Waals surface area contributed by atoms with Crippen LogP contribution in [0, 0.1) is 17.2 Å². The van der Waals surface area contributed by atoms with E-state index in [2.05, 4.69) is 18.3 Å². The van der Waals surface area contributed by atoms with Gasteiger partial charge in [0.05, 0.1) is 18.2 Å². The van der Waals surface area contributed by atoms with Crippen molar-refractivity contribution < 1.29 is 5.11 Å². The Morgan fingerprint density at radius 2 is 2.57 bits per heavy atom. The third-order valence-corrected chi connectivity index (χ3v) is 3.57. The van der Waals surface area contributed by atoms with Crippen molar-refractivity contribution in [3.05, 3.63) is 11.6 Å². The van der Waals surface area contributed by atoms with Crippen LogP contribution in [0.3, 0.4) is 0 Å². The zero-order valence-electron chi connectivity index (χ0n) is 8.45. The van der Waals surface area contributed by atoms with Crippen LogP contribution in [0.2, 0.25) is 0 Å². The molecule has 3 unspecified atom stereocenters. The summed E-state index contributed by atoms with van der Waals surface area (Å²) in [5, 5.41) is 21.9. The van der Waals surface area contributed by atoms with Crippen LogP contribution < -0.4 is 5.32 Å². The first-order valence-corrected chi connectivity index (χ1v) is 5.18. The van der Waals surface area contributed by atoms with E-state index in [1.807, 2.05) is 6.08 Å². The monoisotopic (exact) mass is 192 g/mol. The highest BCUT2D eigenvalue weighted by Gasteiger charge is 2.44. The van der Waals surface area contributed by atoms with E-state index in [1.54, 1.807) is 0 Å². The number of allylic oxidation sites excluding steroid dienone is 1. The molecule has 1 saturated carbocycles. The lowest BCUT2D eigenvalue weighted by atomic mass is 9.66. The summed E-state index contributed by atoms with van der Waals surface area (Å²) in [6.07, 6.45) is 4.88. The fourth-order valence-electron chi connectivity index (χ4n) is 2.71. The summed E-state index contributed by atoms with van der Waals surface area (Å²) in [6.45, 7) is 2.42. The maximum absolute atomic E-state index is 10.3. The van der Waals surface area contributed by atoms with E-state index in [0.29, 0.717) is 12.5 Å². The van der Waals surface area contributed by atoms with Crippen LogP contribution >= 0.6 is 0 Å². The molecule has 0 aromatic rings. The van der Waals surface area contributed by atoms with Crippen molar-refractivity contribution in [2.24, 2.45) is 5.92 Å². The van der Waals surface area contributed by atoms with Gasteiger partial charge in [0.15, 0.2) is 0 Å². The Labute approximate surface area is 84.4 Å². The molecule has 2 bridgehead atoms. The van der Waals surface area contributed by atoms with Crippen molar-refractivity contribution in [2.75, 3.05) is 6.54 Å². The molecule has 0 aliphatic heterocycles. The number of hydrogen-bond donors (Lipinski definition) is 2. The van der Waals surface area contributed by atoms with Gasteiger partial charge < -0.3 is 5.11 Å². The van der Waals surface area contributed by atoms with E-state index in [4.69, 9.17) is 5.26 Å². The van der Waals surface area contributed by atoms with Gasteiger partial charge in [-0.2, -0.15) is 5.26 Å². The number of fused-ring (bicyclic) bond motifs is 2. The van der Waals surface area contributed by atoms with Crippen molar-refractivity contribution >= 4 is 0 Å². The summed E-state index contributed by atoms with van der Waals surface area (Å²) in [6, 6.07) is 2.13. The van der Waals surface area contributed by atoms with Crippen molar-refractivity contribution in [3.8, 4) is 6.07 Å². The van der Waals surface area contributed by atoms with E-state index < -0.39 is 5.60 Å². The highest BCUT2D eigenvalue weighted by molar-refractivity contribution is 5.25. The summed E-state index contributed by atoms with van der Waals surface area (Å²) in [7, 11) is 0. The van der Waals surface area contributed by atoms with E-state index in [0.717, 1.165) is 19.3 Å². The van der Waals surface area contributed by atoms with Gasteiger partial charge >= 0.3 is 0 Å². The molecule has 0 saturated heterocycles. The standard InChI is InChI=1S/C11H16N2O/c1-8-7-11(14)3-2-9(8)6-10(11)13-5-4-12/h7,9-10,13-14H,2-3,5-6H2,1H3. The molecule has 0 heterocycles. The van der Waals surface area contributed by atoms with E-state index in [9.17, 15) is 5.11 Å². The summed E-state index contributed by atoms with van der Waals surface area (Å²) in [4.78, 5) is 0. The molecule has 0 aromatic carbocycles. The summed E-state index contributed by atoms with van der Waals surface area (Å²) >= 11 is 0. The fourth-order valence-corrected chi connectivity index (χ4v) is 2.71. The molecule has 0 amide bonds. The number of hydrogen-bond acceptors (Lipinski definition) is 3. The van der Waals surface area contributed by atoms with Gasteiger partial charge in [-0.05, 0) is 32.1 Å². The lowest BCUT2D eigenvalue weighted by molar-refractivity contribution is -0.00607. The number of nitrogens with zero attached hydrogens (tertiary/aromatic N) is 1. The molecular weight excluding hydrogens is 176 g/mol. The molecule has 3 aliphatic carbocycles. The largest absolute Gasteiger partial charge is 0.384 e. The maximum Gasteiger partial charge on any atom is 0.0983 e. The second kappa shape index (κ2) is 3.38. The SMILES string of the molecule is CC1=CC2(O)CCC1CC2NCC#N. The number of aliphatic hydroxyl groups is 1. The first-order valence-electron chi connectivity index (χ1n) is 5.18. The van der Waals surface area contributed by atoms with E-state index in [-0.39, 0.29) is 6.04 Å². The Kier molecular flexibility index (Phi) is 2.34. The number of rotatable bonds is 2. The molecule has 0 radical (unpaired) electrons. The Hall–Kier alpha value is -0.850. The minimum Gasteiger partial charge on any atom is -0.384 e. The smallest absolute Gasteiger partial charge is 0.0983 e. The second-order valence-corrected chi connectivity index (χ2v) is 4.44. The molecule has 76 valence electrons. The zero-order valence-corrected chi connectivity index (χ0v) is 8.45. The van der Waals surface area contributed by atoms with Crippen molar-refractivity contribution in [2.45, 2.75) is 37.8 Å². The minimum absolute atomic E-state index is 0.0737. The average molecular weight is 192 g/mol. The number of nitrogens with one attached hydrogen (secondary N) is 1. The van der Waals surface area contributed by atoms with Gasteiger partial charge in [0.2, 0.25) is 0 Å². The third-order valence-electron chi connectivity index (χ3n) is 3.57. The Morgan fingerprint density at radius 3 is 3.14 bits per heavy atom. The Bertz CT molecular complexity index is 305. The molecule has 3 atom stereocenters. The highest BCUT2D eigenvalue weighted by atomic mass is 16.3. The molecule has 3 nitrogen and oxygen atoms in total. The van der Waals surface area contributed by atoms with Crippen LogP contribution in [0.1, 0.15) is 26.2 Å². The quantitative estimate of drug-likeness (QED) is 0.506.